The van der Waals surface area contributed by atoms with Crippen LogP contribution >= 0.6 is 0 Å². The molecule has 0 aliphatic carbocycles. The third-order valence-corrected chi connectivity index (χ3v) is 2.73. The summed E-state index contributed by atoms with van der Waals surface area (Å²) in [5.74, 6) is 7.04. The largest absolute Gasteiger partial charge is 0.493 e. The third-order valence-electron chi connectivity index (χ3n) is 2.73. The van der Waals surface area contributed by atoms with Crippen molar-refractivity contribution in [3.05, 3.63) is 11.9 Å². The van der Waals surface area contributed by atoms with Crippen LogP contribution in [-0.4, -0.2) is 16.9 Å². The van der Waals surface area contributed by atoms with Gasteiger partial charge in [-0.1, -0.05) is 13.8 Å². The normalized spacial score (nSPS) is 13.1. The van der Waals surface area contributed by atoms with Crippen LogP contribution < -0.4 is 16.0 Å². The topological polar surface area (TPSA) is 65.1 Å². The number of hydrazine groups is 1. The molecule has 0 aromatic carbocycles. The van der Waals surface area contributed by atoms with E-state index in [9.17, 15) is 0 Å². The van der Waals surface area contributed by atoms with Crippen molar-refractivity contribution in [3.8, 4) is 5.75 Å². The van der Waals surface area contributed by atoms with Gasteiger partial charge in [-0.05, 0) is 18.8 Å². The second-order valence-electron chi connectivity index (χ2n) is 4.41. The fourth-order valence-electron chi connectivity index (χ4n) is 1.78. The molecule has 0 bridgehead atoms. The zero-order valence-corrected chi connectivity index (χ0v) is 10.5. The van der Waals surface area contributed by atoms with Crippen molar-refractivity contribution >= 4 is 0 Å². The molecular weight excluding hydrogens is 204 g/mol. The van der Waals surface area contributed by atoms with Gasteiger partial charge < -0.3 is 4.74 Å². The minimum absolute atomic E-state index is 0.0878. The summed E-state index contributed by atoms with van der Waals surface area (Å²) < 4.78 is 7.09. The second-order valence-corrected chi connectivity index (χ2v) is 4.41. The number of hydrogen-bond donors (Lipinski definition) is 2. The van der Waals surface area contributed by atoms with Gasteiger partial charge >= 0.3 is 0 Å². The van der Waals surface area contributed by atoms with Crippen LogP contribution in [-0.2, 0) is 7.05 Å². The zero-order valence-electron chi connectivity index (χ0n) is 10.5. The van der Waals surface area contributed by atoms with Crippen molar-refractivity contribution in [2.75, 3.05) is 7.11 Å². The standard InChI is InChI=1S/C11H22N4O/c1-8(2)5-6-9(14-12)11-10(16-4)7-13-15(11)3/h7-9,14H,5-6,12H2,1-4H3. The molecule has 0 fully saturated rings. The number of ether oxygens (including phenoxy) is 1. The molecule has 5 nitrogen and oxygen atoms in total. The predicted molar refractivity (Wildman–Crippen MR) is 63.9 cm³/mol. The molecule has 0 radical (unpaired) electrons. The molecule has 0 amide bonds. The summed E-state index contributed by atoms with van der Waals surface area (Å²) in [5.41, 5.74) is 3.84. The van der Waals surface area contributed by atoms with E-state index in [-0.39, 0.29) is 6.04 Å². The van der Waals surface area contributed by atoms with Crippen molar-refractivity contribution in [2.45, 2.75) is 32.7 Å². The summed E-state index contributed by atoms with van der Waals surface area (Å²) >= 11 is 0. The highest BCUT2D eigenvalue weighted by Gasteiger charge is 2.19. The molecule has 1 unspecified atom stereocenters. The van der Waals surface area contributed by atoms with E-state index in [1.165, 1.54) is 0 Å². The van der Waals surface area contributed by atoms with Crippen molar-refractivity contribution < 1.29 is 4.74 Å². The molecule has 0 aliphatic heterocycles. The Morgan fingerprint density at radius 1 is 1.50 bits per heavy atom. The number of aromatic nitrogens is 2. The Kier molecular flexibility index (Phi) is 4.76. The maximum Gasteiger partial charge on any atom is 0.161 e. The molecule has 1 aromatic rings. The Morgan fingerprint density at radius 3 is 2.69 bits per heavy atom. The second kappa shape index (κ2) is 5.86. The lowest BCUT2D eigenvalue weighted by atomic mass is 10.0. The number of nitrogens with one attached hydrogen (secondary N) is 1. The van der Waals surface area contributed by atoms with E-state index in [0.717, 1.165) is 24.3 Å². The van der Waals surface area contributed by atoms with Crippen molar-refractivity contribution in [1.82, 2.24) is 15.2 Å². The Balaban J connectivity index is 2.81. The van der Waals surface area contributed by atoms with Gasteiger partial charge in [0.05, 0.1) is 25.0 Å². The Labute approximate surface area is 96.9 Å². The molecule has 16 heavy (non-hydrogen) atoms. The lowest BCUT2D eigenvalue weighted by molar-refractivity contribution is 0.379. The highest BCUT2D eigenvalue weighted by molar-refractivity contribution is 5.27. The first kappa shape index (κ1) is 13.0. The van der Waals surface area contributed by atoms with Crippen LogP contribution in [0.2, 0.25) is 0 Å². The lowest BCUT2D eigenvalue weighted by Gasteiger charge is -2.18. The van der Waals surface area contributed by atoms with E-state index in [1.807, 2.05) is 11.7 Å². The summed E-state index contributed by atoms with van der Waals surface area (Å²) in [6.45, 7) is 4.40. The van der Waals surface area contributed by atoms with Crippen molar-refractivity contribution in [1.29, 1.82) is 0 Å². The predicted octanol–water partition coefficient (Wildman–Crippen LogP) is 1.37. The van der Waals surface area contributed by atoms with E-state index in [4.69, 9.17) is 10.6 Å². The van der Waals surface area contributed by atoms with E-state index >= 15 is 0 Å². The highest BCUT2D eigenvalue weighted by atomic mass is 16.5. The lowest BCUT2D eigenvalue weighted by Crippen LogP contribution is -2.30. The summed E-state index contributed by atoms with van der Waals surface area (Å²) in [5, 5.41) is 4.18. The van der Waals surface area contributed by atoms with Crippen molar-refractivity contribution in [2.24, 2.45) is 18.8 Å². The number of nitrogens with zero attached hydrogens (tertiary/aromatic N) is 2. The monoisotopic (exact) mass is 226 g/mol. The molecule has 1 aromatic heterocycles. The van der Waals surface area contributed by atoms with E-state index in [2.05, 4.69) is 24.4 Å². The quantitative estimate of drug-likeness (QED) is 0.568. The van der Waals surface area contributed by atoms with Gasteiger partial charge in [0.25, 0.3) is 0 Å². The van der Waals surface area contributed by atoms with Crippen LogP contribution in [0.1, 0.15) is 38.4 Å². The Bertz CT molecular complexity index is 322. The molecule has 3 N–H and O–H groups in total. The molecule has 92 valence electrons. The SMILES string of the molecule is COc1cnn(C)c1C(CCC(C)C)NN. The molecule has 0 saturated carbocycles. The highest BCUT2D eigenvalue weighted by Crippen LogP contribution is 2.27. The first-order valence-electron chi connectivity index (χ1n) is 5.62. The van der Waals surface area contributed by atoms with E-state index < -0.39 is 0 Å². The number of hydrogen-bond acceptors (Lipinski definition) is 4. The number of methoxy groups -OCH3 is 1. The van der Waals surface area contributed by atoms with Crippen LogP contribution in [0.15, 0.2) is 6.20 Å². The van der Waals surface area contributed by atoms with Gasteiger partial charge in [0.1, 0.15) is 0 Å². The summed E-state index contributed by atoms with van der Waals surface area (Å²) in [7, 11) is 3.55. The van der Waals surface area contributed by atoms with Gasteiger partial charge in [-0.2, -0.15) is 5.10 Å². The first-order chi connectivity index (χ1) is 7.60. The maximum absolute atomic E-state index is 5.60. The van der Waals surface area contributed by atoms with Crippen LogP contribution in [0.5, 0.6) is 5.75 Å². The van der Waals surface area contributed by atoms with Gasteiger partial charge in [-0.15, -0.1) is 0 Å². The Hall–Kier alpha value is -1.07. The molecule has 1 atom stereocenters. The summed E-state index contributed by atoms with van der Waals surface area (Å²) in [6, 6.07) is 0.0878. The smallest absolute Gasteiger partial charge is 0.161 e. The van der Waals surface area contributed by atoms with Crippen LogP contribution in [0.25, 0.3) is 0 Å². The molecule has 0 saturated heterocycles. The number of nitrogens with two attached hydrogens (primary N) is 1. The minimum Gasteiger partial charge on any atom is -0.493 e. The van der Waals surface area contributed by atoms with Gasteiger partial charge in [0, 0.05) is 7.05 Å². The third kappa shape index (κ3) is 2.96. The van der Waals surface area contributed by atoms with Gasteiger partial charge in [-0.25, -0.2) is 0 Å². The van der Waals surface area contributed by atoms with Gasteiger partial charge in [0.2, 0.25) is 0 Å². The molecule has 1 heterocycles. The number of aryl methyl sites for hydroxylation is 1. The molecule has 0 aliphatic rings. The zero-order chi connectivity index (χ0) is 12.1. The molecule has 1 rings (SSSR count). The van der Waals surface area contributed by atoms with Gasteiger partial charge in [-0.3, -0.25) is 16.0 Å². The molecular formula is C11H22N4O. The fraction of sp³-hybridized carbons (Fsp3) is 0.727. The maximum atomic E-state index is 5.60. The summed E-state index contributed by atoms with van der Waals surface area (Å²) in [6.07, 6.45) is 3.81. The summed E-state index contributed by atoms with van der Waals surface area (Å²) in [4.78, 5) is 0. The van der Waals surface area contributed by atoms with Crippen LogP contribution in [0, 0.1) is 5.92 Å². The van der Waals surface area contributed by atoms with E-state index in [1.54, 1.807) is 13.3 Å². The van der Waals surface area contributed by atoms with Crippen molar-refractivity contribution in [3.63, 3.8) is 0 Å². The average molecular weight is 226 g/mol. The van der Waals surface area contributed by atoms with Crippen LogP contribution in [0.4, 0.5) is 0 Å². The average Bonchev–Trinajstić information content (AvgIpc) is 2.61. The molecule has 5 heteroatoms. The van der Waals surface area contributed by atoms with E-state index in [0.29, 0.717) is 5.92 Å². The van der Waals surface area contributed by atoms with Crippen LogP contribution in [0.3, 0.4) is 0 Å². The van der Waals surface area contributed by atoms with Gasteiger partial charge in [0.15, 0.2) is 5.75 Å². The minimum atomic E-state index is 0.0878. The first-order valence-corrected chi connectivity index (χ1v) is 5.62. The Morgan fingerprint density at radius 2 is 2.19 bits per heavy atom. The fourth-order valence-corrected chi connectivity index (χ4v) is 1.78. The molecule has 0 spiro atoms. The number of rotatable bonds is 6.